The van der Waals surface area contributed by atoms with E-state index in [2.05, 4.69) is 29.4 Å². The van der Waals surface area contributed by atoms with Gasteiger partial charge in [0.1, 0.15) is 5.75 Å². The third-order valence-electron chi connectivity index (χ3n) is 3.41. The van der Waals surface area contributed by atoms with E-state index in [9.17, 15) is 4.79 Å². The monoisotopic (exact) mass is 317 g/mol. The Morgan fingerprint density at radius 3 is 2.83 bits per heavy atom. The molecule has 6 nitrogen and oxygen atoms in total. The van der Waals surface area contributed by atoms with Gasteiger partial charge < -0.3 is 14.5 Å². The number of hydrogen-bond acceptors (Lipinski definition) is 5. The van der Waals surface area contributed by atoms with E-state index in [0.717, 1.165) is 12.0 Å². The standard InChI is InChI=1S/C17H23N3O3/c1-12(2)10-11-18-15(21)8-9-16-19-20-17(23-16)13-6-4-5-7-14(13)22-3/h4-7,12H,8-11H2,1-3H3,(H,18,21). The molecular formula is C17H23N3O3. The van der Waals surface area contributed by atoms with Crippen LogP contribution in [0.15, 0.2) is 28.7 Å². The summed E-state index contributed by atoms with van der Waals surface area (Å²) in [7, 11) is 1.59. The molecule has 0 aliphatic heterocycles. The first kappa shape index (κ1) is 17.0. The zero-order valence-electron chi connectivity index (χ0n) is 13.8. The Morgan fingerprint density at radius 2 is 2.09 bits per heavy atom. The van der Waals surface area contributed by atoms with Gasteiger partial charge in [-0.2, -0.15) is 0 Å². The van der Waals surface area contributed by atoms with Crippen molar-refractivity contribution in [3.05, 3.63) is 30.2 Å². The fourth-order valence-electron chi connectivity index (χ4n) is 2.09. The van der Waals surface area contributed by atoms with Gasteiger partial charge in [-0.05, 0) is 24.5 Å². The summed E-state index contributed by atoms with van der Waals surface area (Å²) >= 11 is 0. The van der Waals surface area contributed by atoms with E-state index in [1.54, 1.807) is 7.11 Å². The van der Waals surface area contributed by atoms with Crippen LogP contribution in [-0.4, -0.2) is 29.8 Å². The summed E-state index contributed by atoms with van der Waals surface area (Å²) < 4.78 is 10.9. The van der Waals surface area contributed by atoms with E-state index in [4.69, 9.17) is 9.15 Å². The number of ether oxygens (including phenoxy) is 1. The summed E-state index contributed by atoms with van der Waals surface area (Å²) in [4.78, 5) is 11.8. The second-order valence-corrected chi connectivity index (χ2v) is 5.73. The van der Waals surface area contributed by atoms with Crippen molar-refractivity contribution in [2.45, 2.75) is 33.1 Å². The van der Waals surface area contributed by atoms with Gasteiger partial charge in [0.2, 0.25) is 11.8 Å². The molecule has 2 rings (SSSR count). The van der Waals surface area contributed by atoms with Gasteiger partial charge in [-0.3, -0.25) is 4.79 Å². The van der Waals surface area contributed by atoms with E-state index >= 15 is 0 Å². The highest BCUT2D eigenvalue weighted by Crippen LogP contribution is 2.28. The van der Waals surface area contributed by atoms with Crippen LogP contribution in [-0.2, 0) is 11.2 Å². The first-order valence-electron chi connectivity index (χ1n) is 7.82. The number of benzene rings is 1. The number of methoxy groups -OCH3 is 1. The minimum atomic E-state index is 0.00249. The Balaban J connectivity index is 1.89. The van der Waals surface area contributed by atoms with Crippen molar-refractivity contribution >= 4 is 5.91 Å². The van der Waals surface area contributed by atoms with Crippen molar-refractivity contribution in [1.82, 2.24) is 15.5 Å². The molecule has 23 heavy (non-hydrogen) atoms. The van der Waals surface area contributed by atoms with Gasteiger partial charge in [0, 0.05) is 19.4 Å². The van der Waals surface area contributed by atoms with Crippen molar-refractivity contribution in [3.63, 3.8) is 0 Å². The molecule has 0 aliphatic carbocycles. The van der Waals surface area contributed by atoms with Gasteiger partial charge in [-0.1, -0.05) is 26.0 Å². The molecule has 0 atom stereocenters. The summed E-state index contributed by atoms with van der Waals surface area (Å²) in [5.74, 6) is 2.11. The molecular weight excluding hydrogens is 294 g/mol. The summed E-state index contributed by atoms with van der Waals surface area (Å²) in [5, 5.41) is 10.9. The van der Waals surface area contributed by atoms with Crippen molar-refractivity contribution in [1.29, 1.82) is 0 Å². The van der Waals surface area contributed by atoms with Gasteiger partial charge in [0.25, 0.3) is 5.89 Å². The zero-order valence-corrected chi connectivity index (χ0v) is 13.8. The van der Waals surface area contributed by atoms with Crippen molar-refractivity contribution in [2.24, 2.45) is 5.92 Å². The molecule has 1 amide bonds. The number of nitrogens with zero attached hydrogens (tertiary/aromatic N) is 2. The maximum Gasteiger partial charge on any atom is 0.251 e. The number of aryl methyl sites for hydroxylation is 1. The lowest BCUT2D eigenvalue weighted by atomic mass is 10.1. The predicted molar refractivity (Wildman–Crippen MR) is 87.1 cm³/mol. The van der Waals surface area contributed by atoms with Gasteiger partial charge in [-0.25, -0.2) is 0 Å². The lowest BCUT2D eigenvalue weighted by Crippen LogP contribution is -2.25. The molecule has 1 aromatic carbocycles. The molecule has 0 bridgehead atoms. The van der Waals surface area contributed by atoms with Gasteiger partial charge >= 0.3 is 0 Å². The highest BCUT2D eigenvalue weighted by Gasteiger charge is 2.13. The lowest BCUT2D eigenvalue weighted by molar-refractivity contribution is -0.121. The fraction of sp³-hybridized carbons (Fsp3) is 0.471. The molecule has 0 saturated heterocycles. The molecule has 124 valence electrons. The topological polar surface area (TPSA) is 77.2 Å². The van der Waals surface area contributed by atoms with Crippen molar-refractivity contribution < 1.29 is 13.9 Å². The first-order chi connectivity index (χ1) is 11.1. The minimum absolute atomic E-state index is 0.00249. The van der Waals surface area contributed by atoms with Crippen LogP contribution >= 0.6 is 0 Å². The third kappa shape index (κ3) is 5.09. The van der Waals surface area contributed by atoms with Gasteiger partial charge in [0.05, 0.1) is 12.7 Å². The van der Waals surface area contributed by atoms with E-state index in [-0.39, 0.29) is 5.91 Å². The molecule has 0 radical (unpaired) electrons. The highest BCUT2D eigenvalue weighted by atomic mass is 16.5. The maximum atomic E-state index is 11.8. The maximum absolute atomic E-state index is 11.8. The molecule has 0 aliphatic rings. The van der Waals surface area contributed by atoms with Crippen molar-refractivity contribution in [3.8, 4) is 17.2 Å². The number of aromatic nitrogens is 2. The predicted octanol–water partition coefficient (Wildman–Crippen LogP) is 2.84. The fourth-order valence-corrected chi connectivity index (χ4v) is 2.09. The SMILES string of the molecule is COc1ccccc1-c1nnc(CCC(=O)NCCC(C)C)o1. The number of carbonyl (C=O) groups is 1. The average molecular weight is 317 g/mol. The molecule has 0 saturated carbocycles. The largest absolute Gasteiger partial charge is 0.496 e. The Bertz CT molecular complexity index is 638. The Morgan fingerprint density at radius 1 is 1.30 bits per heavy atom. The number of nitrogens with one attached hydrogen (secondary N) is 1. The number of hydrogen-bond donors (Lipinski definition) is 1. The Hall–Kier alpha value is -2.37. The van der Waals surface area contributed by atoms with Crippen LogP contribution in [0.5, 0.6) is 5.75 Å². The first-order valence-corrected chi connectivity index (χ1v) is 7.82. The number of carbonyl (C=O) groups excluding carboxylic acids is 1. The van der Waals surface area contributed by atoms with Gasteiger partial charge in [0.15, 0.2) is 0 Å². The summed E-state index contributed by atoms with van der Waals surface area (Å²) in [5.41, 5.74) is 0.745. The Kier molecular flexibility index (Phi) is 6.14. The normalized spacial score (nSPS) is 10.8. The van der Waals surface area contributed by atoms with Crippen LogP contribution in [0.25, 0.3) is 11.5 Å². The molecule has 1 N–H and O–H groups in total. The Labute approximate surface area is 136 Å². The average Bonchev–Trinajstić information content (AvgIpc) is 3.01. The minimum Gasteiger partial charge on any atom is -0.496 e. The number of para-hydroxylation sites is 1. The van der Waals surface area contributed by atoms with Crippen LogP contribution < -0.4 is 10.1 Å². The van der Waals surface area contributed by atoms with E-state index < -0.39 is 0 Å². The number of amides is 1. The number of rotatable bonds is 8. The van der Waals surface area contributed by atoms with E-state index in [0.29, 0.717) is 42.8 Å². The summed E-state index contributed by atoms with van der Waals surface area (Å²) in [6.07, 6.45) is 1.74. The third-order valence-corrected chi connectivity index (χ3v) is 3.41. The molecule has 0 unspecified atom stereocenters. The molecule has 0 spiro atoms. The molecule has 1 aromatic heterocycles. The summed E-state index contributed by atoms with van der Waals surface area (Å²) in [6.45, 7) is 4.96. The van der Waals surface area contributed by atoms with Crippen LogP contribution in [0.1, 0.15) is 32.6 Å². The highest BCUT2D eigenvalue weighted by molar-refractivity contribution is 5.76. The quantitative estimate of drug-likeness (QED) is 0.810. The van der Waals surface area contributed by atoms with E-state index in [1.165, 1.54) is 0 Å². The molecule has 2 aromatic rings. The zero-order chi connectivity index (χ0) is 16.7. The second-order valence-electron chi connectivity index (χ2n) is 5.73. The van der Waals surface area contributed by atoms with Crippen LogP contribution in [0, 0.1) is 5.92 Å². The van der Waals surface area contributed by atoms with Crippen LogP contribution in [0.2, 0.25) is 0 Å². The smallest absolute Gasteiger partial charge is 0.251 e. The van der Waals surface area contributed by atoms with Gasteiger partial charge in [-0.15, -0.1) is 10.2 Å². The van der Waals surface area contributed by atoms with E-state index in [1.807, 2.05) is 24.3 Å². The molecule has 1 heterocycles. The molecule has 6 heteroatoms. The van der Waals surface area contributed by atoms with Crippen molar-refractivity contribution in [2.75, 3.05) is 13.7 Å². The summed E-state index contributed by atoms with van der Waals surface area (Å²) in [6, 6.07) is 7.45. The van der Waals surface area contributed by atoms with Crippen LogP contribution in [0.3, 0.4) is 0 Å². The lowest BCUT2D eigenvalue weighted by Gasteiger charge is -2.06. The molecule has 0 fully saturated rings. The second kappa shape index (κ2) is 8.31. The van der Waals surface area contributed by atoms with Crippen LogP contribution in [0.4, 0.5) is 0 Å².